The summed E-state index contributed by atoms with van der Waals surface area (Å²) in [6.07, 6.45) is 0. The number of benzene rings is 2. The Morgan fingerprint density at radius 3 is 2.64 bits per heavy atom. The molecule has 4 aromatic rings. The SMILES string of the molecule is CCn1c(SCc2csc(-c3ccccc3)n2)nnc1-c1cccc(OC)c1. The summed E-state index contributed by atoms with van der Waals surface area (Å²) in [5, 5.41) is 12.9. The third-order valence-electron chi connectivity index (χ3n) is 4.28. The number of aromatic nitrogens is 4. The minimum atomic E-state index is 0.763. The van der Waals surface area contributed by atoms with E-state index in [2.05, 4.69) is 39.2 Å². The molecule has 0 bridgehead atoms. The first kappa shape index (κ1) is 18.7. The molecule has 5 nitrogen and oxygen atoms in total. The van der Waals surface area contributed by atoms with Crippen LogP contribution < -0.4 is 4.74 Å². The Balaban J connectivity index is 1.51. The molecule has 0 radical (unpaired) electrons. The molecular formula is C21H20N4OS2. The second-order valence-electron chi connectivity index (χ2n) is 6.08. The average molecular weight is 409 g/mol. The smallest absolute Gasteiger partial charge is 0.191 e. The first-order chi connectivity index (χ1) is 13.8. The molecule has 7 heteroatoms. The van der Waals surface area contributed by atoms with E-state index in [1.165, 1.54) is 0 Å². The Morgan fingerprint density at radius 1 is 1.04 bits per heavy atom. The molecule has 2 aromatic carbocycles. The highest BCUT2D eigenvalue weighted by atomic mass is 32.2. The zero-order chi connectivity index (χ0) is 19.3. The zero-order valence-electron chi connectivity index (χ0n) is 15.7. The first-order valence-electron chi connectivity index (χ1n) is 8.98. The molecule has 0 unspecified atom stereocenters. The summed E-state index contributed by atoms with van der Waals surface area (Å²) in [6, 6.07) is 18.2. The summed E-state index contributed by atoms with van der Waals surface area (Å²) in [7, 11) is 1.67. The predicted octanol–water partition coefficient (Wildman–Crippen LogP) is 5.39. The monoisotopic (exact) mass is 408 g/mol. The van der Waals surface area contributed by atoms with Crippen LogP contribution in [0.2, 0.25) is 0 Å². The van der Waals surface area contributed by atoms with Crippen molar-refractivity contribution in [2.24, 2.45) is 0 Å². The van der Waals surface area contributed by atoms with Gasteiger partial charge in [-0.05, 0) is 19.1 Å². The summed E-state index contributed by atoms with van der Waals surface area (Å²) in [5.74, 6) is 2.43. The normalized spacial score (nSPS) is 10.9. The minimum Gasteiger partial charge on any atom is -0.497 e. The van der Waals surface area contributed by atoms with Crippen molar-refractivity contribution in [3.8, 4) is 27.7 Å². The fourth-order valence-corrected chi connectivity index (χ4v) is 4.71. The van der Waals surface area contributed by atoms with Crippen LogP contribution in [0, 0.1) is 0 Å². The van der Waals surface area contributed by atoms with Gasteiger partial charge in [0.1, 0.15) is 10.8 Å². The van der Waals surface area contributed by atoms with E-state index in [0.29, 0.717) is 0 Å². The minimum absolute atomic E-state index is 0.763. The van der Waals surface area contributed by atoms with Crippen LogP contribution in [0.25, 0.3) is 22.0 Å². The molecule has 0 fully saturated rings. The largest absolute Gasteiger partial charge is 0.497 e. The quantitative estimate of drug-likeness (QED) is 0.384. The van der Waals surface area contributed by atoms with E-state index in [-0.39, 0.29) is 0 Å². The Morgan fingerprint density at radius 2 is 1.86 bits per heavy atom. The van der Waals surface area contributed by atoms with E-state index < -0.39 is 0 Å². The number of hydrogen-bond donors (Lipinski definition) is 0. The molecule has 0 aliphatic heterocycles. The molecule has 0 aliphatic carbocycles. The molecule has 0 saturated heterocycles. The molecule has 2 heterocycles. The standard InChI is InChI=1S/C21H20N4OS2/c1-3-25-19(16-10-7-11-18(12-16)26-2)23-24-21(25)28-14-17-13-27-20(22-17)15-8-5-4-6-9-15/h4-13H,3,14H2,1-2H3. The second-order valence-corrected chi connectivity index (χ2v) is 7.88. The fourth-order valence-electron chi connectivity index (χ4n) is 2.88. The van der Waals surface area contributed by atoms with E-state index in [0.717, 1.165) is 50.9 Å². The molecule has 142 valence electrons. The van der Waals surface area contributed by atoms with Crippen molar-refractivity contribution < 1.29 is 4.74 Å². The van der Waals surface area contributed by atoms with E-state index in [4.69, 9.17) is 9.72 Å². The predicted molar refractivity (Wildman–Crippen MR) is 115 cm³/mol. The van der Waals surface area contributed by atoms with Crippen LogP contribution >= 0.6 is 23.1 Å². The molecule has 0 aliphatic rings. The molecule has 4 rings (SSSR count). The number of hydrogen-bond acceptors (Lipinski definition) is 6. The first-order valence-corrected chi connectivity index (χ1v) is 10.8. The molecule has 2 aromatic heterocycles. The summed E-state index contributed by atoms with van der Waals surface area (Å²) in [4.78, 5) is 4.76. The average Bonchev–Trinajstić information content (AvgIpc) is 3.39. The summed E-state index contributed by atoms with van der Waals surface area (Å²) in [5.41, 5.74) is 3.21. The highest BCUT2D eigenvalue weighted by molar-refractivity contribution is 7.98. The van der Waals surface area contributed by atoms with Gasteiger partial charge in [0.25, 0.3) is 0 Å². The number of thioether (sulfide) groups is 1. The second kappa shape index (κ2) is 8.58. The third kappa shape index (κ3) is 3.95. The maximum absolute atomic E-state index is 5.33. The Hall–Kier alpha value is -2.64. The van der Waals surface area contributed by atoms with Gasteiger partial charge in [-0.25, -0.2) is 4.98 Å². The third-order valence-corrected chi connectivity index (χ3v) is 6.22. The van der Waals surface area contributed by atoms with Crippen LogP contribution in [-0.4, -0.2) is 26.9 Å². The molecular weight excluding hydrogens is 388 g/mol. The van der Waals surface area contributed by atoms with Crippen molar-refractivity contribution >= 4 is 23.1 Å². The topological polar surface area (TPSA) is 52.8 Å². The Labute approximate surface area is 172 Å². The highest BCUT2D eigenvalue weighted by Crippen LogP contribution is 2.30. The van der Waals surface area contributed by atoms with Gasteiger partial charge in [-0.15, -0.1) is 21.5 Å². The molecule has 0 spiro atoms. The van der Waals surface area contributed by atoms with E-state index in [1.54, 1.807) is 30.2 Å². The van der Waals surface area contributed by atoms with E-state index >= 15 is 0 Å². The number of nitrogens with zero attached hydrogens (tertiary/aromatic N) is 4. The van der Waals surface area contributed by atoms with E-state index in [9.17, 15) is 0 Å². The maximum Gasteiger partial charge on any atom is 0.191 e. The lowest BCUT2D eigenvalue weighted by Crippen LogP contribution is -2.00. The van der Waals surface area contributed by atoms with Gasteiger partial charge < -0.3 is 9.30 Å². The van der Waals surface area contributed by atoms with Crippen molar-refractivity contribution in [3.63, 3.8) is 0 Å². The lowest BCUT2D eigenvalue weighted by Gasteiger charge is -2.08. The van der Waals surface area contributed by atoms with Gasteiger partial charge in [-0.2, -0.15) is 0 Å². The van der Waals surface area contributed by atoms with Gasteiger partial charge in [-0.1, -0.05) is 54.2 Å². The van der Waals surface area contributed by atoms with Gasteiger partial charge in [0.05, 0.1) is 12.8 Å². The van der Waals surface area contributed by atoms with Crippen molar-refractivity contribution in [3.05, 3.63) is 65.7 Å². The van der Waals surface area contributed by atoms with Crippen LogP contribution in [0.4, 0.5) is 0 Å². The van der Waals surface area contributed by atoms with Crippen LogP contribution in [0.5, 0.6) is 5.75 Å². The lowest BCUT2D eigenvalue weighted by molar-refractivity contribution is 0.415. The molecule has 28 heavy (non-hydrogen) atoms. The summed E-state index contributed by atoms with van der Waals surface area (Å²) >= 11 is 3.33. The number of thiazole rings is 1. The van der Waals surface area contributed by atoms with Gasteiger partial charge in [0.2, 0.25) is 0 Å². The zero-order valence-corrected chi connectivity index (χ0v) is 17.3. The molecule has 0 N–H and O–H groups in total. The molecule has 0 atom stereocenters. The highest BCUT2D eigenvalue weighted by Gasteiger charge is 2.14. The van der Waals surface area contributed by atoms with Crippen molar-refractivity contribution in [1.29, 1.82) is 0 Å². The molecule has 0 saturated carbocycles. The number of ether oxygens (including phenoxy) is 1. The van der Waals surface area contributed by atoms with Gasteiger partial charge in [-0.3, -0.25) is 0 Å². The van der Waals surface area contributed by atoms with Crippen LogP contribution in [0.3, 0.4) is 0 Å². The molecule has 0 amide bonds. The lowest BCUT2D eigenvalue weighted by atomic mass is 10.2. The van der Waals surface area contributed by atoms with Gasteiger partial charge in [0, 0.05) is 28.8 Å². The maximum atomic E-state index is 5.33. The van der Waals surface area contributed by atoms with Crippen LogP contribution in [0.15, 0.2) is 65.1 Å². The number of rotatable bonds is 7. The fraction of sp³-hybridized carbons (Fsp3) is 0.190. The summed E-state index contributed by atoms with van der Waals surface area (Å²) < 4.78 is 7.46. The van der Waals surface area contributed by atoms with Crippen molar-refractivity contribution in [1.82, 2.24) is 19.7 Å². The van der Waals surface area contributed by atoms with Gasteiger partial charge in [0.15, 0.2) is 11.0 Å². The number of methoxy groups -OCH3 is 1. The van der Waals surface area contributed by atoms with Crippen LogP contribution in [0.1, 0.15) is 12.6 Å². The Kier molecular flexibility index (Phi) is 5.73. The Bertz CT molecular complexity index is 1060. The summed E-state index contributed by atoms with van der Waals surface area (Å²) in [6.45, 7) is 2.90. The van der Waals surface area contributed by atoms with E-state index in [1.807, 2.05) is 42.5 Å². The van der Waals surface area contributed by atoms with Crippen molar-refractivity contribution in [2.75, 3.05) is 7.11 Å². The van der Waals surface area contributed by atoms with Crippen molar-refractivity contribution in [2.45, 2.75) is 24.4 Å². The van der Waals surface area contributed by atoms with Gasteiger partial charge >= 0.3 is 0 Å². The van der Waals surface area contributed by atoms with Crippen LogP contribution in [-0.2, 0) is 12.3 Å².